The predicted molar refractivity (Wildman–Crippen MR) is 115 cm³/mol. The van der Waals surface area contributed by atoms with Gasteiger partial charge < -0.3 is 15.0 Å². The summed E-state index contributed by atoms with van der Waals surface area (Å²) in [4.78, 5) is 31.6. The summed E-state index contributed by atoms with van der Waals surface area (Å²) in [7, 11) is 1.63. The highest BCUT2D eigenvalue weighted by atomic mass is 16.5. The first-order valence-electron chi connectivity index (χ1n) is 9.92. The van der Waals surface area contributed by atoms with Crippen LogP contribution in [0.3, 0.4) is 0 Å². The summed E-state index contributed by atoms with van der Waals surface area (Å²) in [6.07, 6.45) is 4.60. The molecule has 30 heavy (non-hydrogen) atoms. The Labute approximate surface area is 175 Å². The van der Waals surface area contributed by atoms with E-state index in [4.69, 9.17) is 4.74 Å². The zero-order chi connectivity index (χ0) is 20.9. The van der Waals surface area contributed by atoms with E-state index in [2.05, 4.69) is 10.3 Å². The molecule has 1 atom stereocenters. The Morgan fingerprint density at radius 2 is 1.87 bits per heavy atom. The van der Waals surface area contributed by atoms with Crippen LogP contribution in [0.5, 0.6) is 5.75 Å². The van der Waals surface area contributed by atoms with Crippen LogP contribution in [0.4, 0.5) is 5.69 Å². The van der Waals surface area contributed by atoms with Gasteiger partial charge in [-0.2, -0.15) is 0 Å². The minimum absolute atomic E-state index is 0.163. The maximum Gasteiger partial charge on any atom is 0.256 e. The molecule has 6 nitrogen and oxygen atoms in total. The lowest BCUT2D eigenvalue weighted by Gasteiger charge is -2.24. The molecular formula is C24H23N3O3. The van der Waals surface area contributed by atoms with E-state index in [0.29, 0.717) is 24.2 Å². The van der Waals surface area contributed by atoms with Crippen LogP contribution in [0.15, 0.2) is 73.1 Å². The molecule has 0 radical (unpaired) electrons. The zero-order valence-corrected chi connectivity index (χ0v) is 16.7. The molecule has 6 heteroatoms. The Morgan fingerprint density at radius 3 is 2.60 bits per heavy atom. The molecule has 152 valence electrons. The summed E-state index contributed by atoms with van der Waals surface area (Å²) < 4.78 is 5.23. The SMILES string of the molecule is COc1ccc(-c2ccccc2NC(=O)C2CCCN2C(=O)c2cccnc2)cc1. The van der Waals surface area contributed by atoms with Crippen molar-refractivity contribution in [3.8, 4) is 16.9 Å². The highest BCUT2D eigenvalue weighted by molar-refractivity contribution is 6.03. The Bertz CT molecular complexity index is 1040. The number of methoxy groups -OCH3 is 1. The molecule has 0 spiro atoms. The molecule has 0 aliphatic carbocycles. The zero-order valence-electron chi connectivity index (χ0n) is 16.7. The van der Waals surface area contributed by atoms with E-state index in [1.54, 1.807) is 30.3 Å². The number of likely N-dealkylation sites (tertiary alicyclic amines) is 1. The molecule has 3 aromatic rings. The fourth-order valence-corrected chi connectivity index (χ4v) is 3.77. The highest BCUT2D eigenvalue weighted by Gasteiger charge is 2.34. The molecule has 1 saturated heterocycles. The quantitative estimate of drug-likeness (QED) is 0.701. The standard InChI is InChI=1S/C24H23N3O3/c1-30-19-12-10-17(11-13-19)20-7-2-3-8-21(20)26-23(28)22-9-5-15-27(22)24(29)18-6-4-14-25-16-18/h2-4,6-8,10-14,16,22H,5,9,15H2,1H3,(H,26,28). The van der Waals surface area contributed by atoms with Gasteiger partial charge in [-0.25, -0.2) is 0 Å². The van der Waals surface area contributed by atoms with Gasteiger partial charge in [-0.15, -0.1) is 0 Å². The van der Waals surface area contributed by atoms with Gasteiger partial charge in [0.05, 0.1) is 12.7 Å². The first-order valence-corrected chi connectivity index (χ1v) is 9.92. The molecule has 4 rings (SSSR count). The molecule has 0 saturated carbocycles. The second kappa shape index (κ2) is 8.78. The number of carbonyl (C=O) groups excluding carboxylic acids is 2. The van der Waals surface area contributed by atoms with Gasteiger partial charge in [0.1, 0.15) is 11.8 Å². The van der Waals surface area contributed by atoms with Gasteiger partial charge in [0, 0.05) is 30.2 Å². The minimum atomic E-state index is -0.498. The second-order valence-corrected chi connectivity index (χ2v) is 7.16. The van der Waals surface area contributed by atoms with Crippen molar-refractivity contribution in [2.45, 2.75) is 18.9 Å². The van der Waals surface area contributed by atoms with E-state index in [-0.39, 0.29) is 11.8 Å². The first kappa shape index (κ1) is 19.6. The number of hydrogen-bond acceptors (Lipinski definition) is 4. The number of amides is 2. The molecule has 0 bridgehead atoms. The average Bonchev–Trinajstić information content (AvgIpc) is 3.30. The molecule has 2 aromatic carbocycles. The number of aromatic nitrogens is 1. The van der Waals surface area contributed by atoms with Crippen molar-refractivity contribution in [2.75, 3.05) is 19.0 Å². The molecule has 2 amide bonds. The molecule has 1 aliphatic rings. The number of hydrogen-bond donors (Lipinski definition) is 1. The van der Waals surface area contributed by atoms with Crippen molar-refractivity contribution in [1.29, 1.82) is 0 Å². The highest BCUT2D eigenvalue weighted by Crippen LogP contribution is 2.30. The first-order chi connectivity index (χ1) is 14.7. The topological polar surface area (TPSA) is 71.5 Å². The van der Waals surface area contributed by atoms with Crippen molar-refractivity contribution >= 4 is 17.5 Å². The Hall–Kier alpha value is -3.67. The van der Waals surface area contributed by atoms with E-state index in [1.165, 1.54) is 6.20 Å². The predicted octanol–water partition coefficient (Wildman–Crippen LogP) is 4.00. The number of anilines is 1. The number of rotatable bonds is 5. The van der Waals surface area contributed by atoms with Gasteiger partial charge in [-0.1, -0.05) is 30.3 Å². The van der Waals surface area contributed by atoms with Crippen LogP contribution in [0, 0.1) is 0 Å². The van der Waals surface area contributed by atoms with Gasteiger partial charge in [-0.3, -0.25) is 14.6 Å². The number of carbonyl (C=O) groups is 2. The fraction of sp³-hybridized carbons (Fsp3) is 0.208. The van der Waals surface area contributed by atoms with E-state index in [1.807, 2.05) is 48.5 Å². The largest absolute Gasteiger partial charge is 0.497 e. The van der Waals surface area contributed by atoms with Crippen molar-refractivity contribution in [2.24, 2.45) is 0 Å². The fourth-order valence-electron chi connectivity index (χ4n) is 3.77. The van der Waals surface area contributed by atoms with E-state index >= 15 is 0 Å². The summed E-state index contributed by atoms with van der Waals surface area (Å²) in [5.74, 6) is 0.436. The minimum Gasteiger partial charge on any atom is -0.497 e. The van der Waals surface area contributed by atoms with E-state index in [9.17, 15) is 9.59 Å². The van der Waals surface area contributed by atoms with E-state index < -0.39 is 6.04 Å². The molecule has 1 fully saturated rings. The van der Waals surface area contributed by atoms with Gasteiger partial charge in [0.25, 0.3) is 5.91 Å². The van der Waals surface area contributed by atoms with Crippen LogP contribution in [0.1, 0.15) is 23.2 Å². The lowest BCUT2D eigenvalue weighted by Crippen LogP contribution is -2.43. The number of para-hydroxylation sites is 1. The molecular weight excluding hydrogens is 378 g/mol. The third-order valence-electron chi connectivity index (χ3n) is 5.31. The van der Waals surface area contributed by atoms with E-state index in [0.717, 1.165) is 23.3 Å². The summed E-state index contributed by atoms with van der Waals surface area (Å²) >= 11 is 0. The van der Waals surface area contributed by atoms with Crippen LogP contribution >= 0.6 is 0 Å². The Kier molecular flexibility index (Phi) is 5.75. The molecule has 2 heterocycles. The molecule has 1 N–H and O–H groups in total. The number of pyridine rings is 1. The van der Waals surface area contributed by atoms with Crippen molar-refractivity contribution < 1.29 is 14.3 Å². The van der Waals surface area contributed by atoms with Crippen LogP contribution in [0.25, 0.3) is 11.1 Å². The van der Waals surface area contributed by atoms with Gasteiger partial charge in [0.15, 0.2) is 0 Å². The lowest BCUT2D eigenvalue weighted by molar-refractivity contribution is -0.119. The number of nitrogens with zero attached hydrogens (tertiary/aromatic N) is 2. The lowest BCUT2D eigenvalue weighted by atomic mass is 10.0. The summed E-state index contributed by atoms with van der Waals surface area (Å²) in [5.41, 5.74) is 3.10. The normalized spacial score (nSPS) is 15.6. The van der Waals surface area contributed by atoms with Crippen molar-refractivity contribution in [3.63, 3.8) is 0 Å². The van der Waals surface area contributed by atoms with Gasteiger partial charge in [-0.05, 0) is 48.7 Å². The van der Waals surface area contributed by atoms with Crippen LogP contribution < -0.4 is 10.1 Å². The van der Waals surface area contributed by atoms with Crippen LogP contribution in [0.2, 0.25) is 0 Å². The summed E-state index contributed by atoms with van der Waals surface area (Å²) in [5, 5.41) is 3.04. The van der Waals surface area contributed by atoms with Crippen molar-refractivity contribution in [3.05, 3.63) is 78.6 Å². The van der Waals surface area contributed by atoms with Gasteiger partial charge >= 0.3 is 0 Å². The molecule has 1 aromatic heterocycles. The molecule has 1 unspecified atom stereocenters. The van der Waals surface area contributed by atoms with Crippen LogP contribution in [-0.2, 0) is 4.79 Å². The maximum atomic E-state index is 13.1. The van der Waals surface area contributed by atoms with Crippen LogP contribution in [-0.4, -0.2) is 41.4 Å². The number of benzene rings is 2. The second-order valence-electron chi connectivity index (χ2n) is 7.16. The third kappa shape index (κ3) is 4.03. The summed E-state index contributed by atoms with van der Waals surface area (Å²) in [6.45, 7) is 0.561. The third-order valence-corrected chi connectivity index (χ3v) is 5.31. The monoisotopic (exact) mass is 401 g/mol. The number of ether oxygens (including phenoxy) is 1. The van der Waals surface area contributed by atoms with Crippen molar-refractivity contribution in [1.82, 2.24) is 9.88 Å². The average molecular weight is 401 g/mol. The Balaban J connectivity index is 1.54. The summed E-state index contributed by atoms with van der Waals surface area (Å²) in [6, 6.07) is 18.3. The molecule has 1 aliphatic heterocycles. The van der Waals surface area contributed by atoms with Gasteiger partial charge in [0.2, 0.25) is 5.91 Å². The number of nitrogens with one attached hydrogen (secondary N) is 1. The smallest absolute Gasteiger partial charge is 0.256 e. The maximum absolute atomic E-state index is 13.1. The Morgan fingerprint density at radius 1 is 1.07 bits per heavy atom.